The number of carbonyl (C=O) groups excluding carboxylic acids is 1. The molecule has 0 radical (unpaired) electrons. The first kappa shape index (κ1) is 14.7. The second kappa shape index (κ2) is 4.98. The van der Waals surface area contributed by atoms with Gasteiger partial charge in [0.1, 0.15) is 11.5 Å². The van der Waals surface area contributed by atoms with Gasteiger partial charge in [-0.2, -0.15) is 5.10 Å². The minimum Gasteiger partial charge on any atom is -0.389 e. The number of benzene rings is 1. The first-order valence-corrected chi connectivity index (χ1v) is 6.62. The van der Waals surface area contributed by atoms with Gasteiger partial charge in [-0.3, -0.25) is 9.48 Å². The highest BCUT2D eigenvalue weighted by atomic mass is 19.1. The lowest BCUT2D eigenvalue weighted by atomic mass is 10.0. The minimum absolute atomic E-state index is 0.0869. The second-order valence-corrected chi connectivity index (χ2v) is 6.00. The van der Waals surface area contributed by atoms with Crippen molar-refractivity contribution in [2.45, 2.75) is 39.8 Å². The highest BCUT2D eigenvalue weighted by Gasteiger charge is 2.23. The number of rotatable bonds is 4. The largest absolute Gasteiger partial charge is 0.389 e. The molecular weight excluding hydrogens is 259 g/mol. The van der Waals surface area contributed by atoms with Crippen molar-refractivity contribution in [2.75, 3.05) is 0 Å². The van der Waals surface area contributed by atoms with Crippen molar-refractivity contribution in [1.29, 1.82) is 0 Å². The molecule has 0 atom stereocenters. The molecule has 1 aromatic carbocycles. The van der Waals surface area contributed by atoms with Crippen LogP contribution in [0.15, 0.2) is 18.2 Å². The Morgan fingerprint density at radius 3 is 2.65 bits per heavy atom. The maximum atomic E-state index is 13.4. The van der Waals surface area contributed by atoms with Crippen LogP contribution in [-0.2, 0) is 6.54 Å². The molecule has 0 aliphatic heterocycles. The maximum Gasteiger partial charge on any atom is 0.186 e. The van der Waals surface area contributed by atoms with Gasteiger partial charge in [-0.15, -0.1) is 0 Å². The molecule has 1 heterocycles. The van der Waals surface area contributed by atoms with E-state index in [1.165, 1.54) is 16.8 Å². The Labute approximate surface area is 117 Å². The molecule has 0 saturated heterocycles. The Morgan fingerprint density at radius 1 is 1.45 bits per heavy atom. The zero-order chi connectivity index (χ0) is 15.1. The molecule has 2 aromatic rings. The third-order valence-electron chi connectivity index (χ3n) is 3.01. The van der Waals surface area contributed by atoms with E-state index in [0.29, 0.717) is 16.6 Å². The van der Waals surface area contributed by atoms with Gasteiger partial charge in [0.15, 0.2) is 5.78 Å². The highest BCUT2D eigenvalue weighted by molar-refractivity contribution is 6.06. The van der Waals surface area contributed by atoms with Gasteiger partial charge in [0, 0.05) is 11.3 Å². The first-order chi connectivity index (χ1) is 9.19. The molecule has 0 fully saturated rings. The van der Waals surface area contributed by atoms with Gasteiger partial charge in [0.25, 0.3) is 0 Å². The molecule has 1 N–H and O–H groups in total. The van der Waals surface area contributed by atoms with Crippen LogP contribution in [0.25, 0.3) is 10.9 Å². The molecule has 0 amide bonds. The van der Waals surface area contributed by atoms with E-state index in [1.54, 1.807) is 33.8 Å². The topological polar surface area (TPSA) is 55.1 Å². The number of halogens is 1. The summed E-state index contributed by atoms with van der Waals surface area (Å²) >= 11 is 0. The van der Waals surface area contributed by atoms with Gasteiger partial charge in [-0.05, 0) is 32.0 Å². The Bertz CT molecular complexity index is 654. The lowest BCUT2D eigenvalue weighted by Crippen LogP contribution is -2.27. The van der Waals surface area contributed by atoms with Crippen molar-refractivity contribution in [2.24, 2.45) is 5.92 Å². The Hall–Kier alpha value is -1.75. The minimum atomic E-state index is -0.997. The van der Waals surface area contributed by atoms with Crippen LogP contribution >= 0.6 is 0 Å². The average Bonchev–Trinajstić information content (AvgIpc) is 2.64. The predicted molar refractivity (Wildman–Crippen MR) is 75.2 cm³/mol. The summed E-state index contributed by atoms with van der Waals surface area (Å²) < 4.78 is 14.9. The van der Waals surface area contributed by atoms with Gasteiger partial charge < -0.3 is 5.11 Å². The first-order valence-electron chi connectivity index (χ1n) is 6.62. The summed E-state index contributed by atoms with van der Waals surface area (Å²) in [6.07, 6.45) is 0. The standard InChI is InChI=1S/C15H19FN2O2/c1-9(2)14(19)13-11-6-5-10(16)7-12(11)18(17-13)8-15(3,4)20/h5-7,9,20H,8H2,1-4H3. The number of aliphatic hydroxyl groups is 1. The summed E-state index contributed by atoms with van der Waals surface area (Å²) in [5.74, 6) is -0.664. The highest BCUT2D eigenvalue weighted by Crippen LogP contribution is 2.23. The molecule has 0 spiro atoms. The van der Waals surface area contributed by atoms with Crippen molar-refractivity contribution >= 4 is 16.7 Å². The van der Waals surface area contributed by atoms with Gasteiger partial charge in [0.05, 0.1) is 17.7 Å². The third kappa shape index (κ3) is 2.88. The van der Waals surface area contributed by atoms with E-state index in [2.05, 4.69) is 5.10 Å². The van der Waals surface area contributed by atoms with Crippen molar-refractivity contribution in [3.05, 3.63) is 29.7 Å². The summed E-state index contributed by atoms with van der Waals surface area (Å²) in [5.41, 5.74) is -0.140. The van der Waals surface area contributed by atoms with Gasteiger partial charge in [-0.1, -0.05) is 13.8 Å². The zero-order valence-electron chi connectivity index (χ0n) is 12.1. The number of fused-ring (bicyclic) bond motifs is 1. The molecule has 0 aliphatic carbocycles. The number of ketones is 1. The smallest absolute Gasteiger partial charge is 0.186 e. The van der Waals surface area contributed by atoms with Crippen LogP contribution in [0.5, 0.6) is 0 Å². The summed E-state index contributed by atoms with van der Waals surface area (Å²) in [7, 11) is 0. The van der Waals surface area contributed by atoms with Crippen LogP contribution < -0.4 is 0 Å². The zero-order valence-corrected chi connectivity index (χ0v) is 12.1. The molecule has 20 heavy (non-hydrogen) atoms. The molecule has 1 aromatic heterocycles. The van der Waals surface area contributed by atoms with Crippen LogP contribution in [0.4, 0.5) is 4.39 Å². The van der Waals surface area contributed by atoms with Gasteiger partial charge in [-0.25, -0.2) is 4.39 Å². The second-order valence-electron chi connectivity index (χ2n) is 6.00. The van der Waals surface area contributed by atoms with E-state index >= 15 is 0 Å². The van der Waals surface area contributed by atoms with Gasteiger partial charge in [0.2, 0.25) is 0 Å². The molecule has 4 nitrogen and oxygen atoms in total. The molecule has 0 saturated carbocycles. The van der Waals surface area contributed by atoms with Crippen molar-refractivity contribution in [3.63, 3.8) is 0 Å². The van der Waals surface area contributed by atoms with E-state index in [-0.39, 0.29) is 18.2 Å². The van der Waals surface area contributed by atoms with E-state index in [4.69, 9.17) is 0 Å². The van der Waals surface area contributed by atoms with Crippen LogP contribution in [0.1, 0.15) is 38.2 Å². The van der Waals surface area contributed by atoms with Crippen molar-refractivity contribution < 1.29 is 14.3 Å². The molecule has 0 aliphatic rings. The molecule has 5 heteroatoms. The summed E-state index contributed by atoms with van der Waals surface area (Å²) in [4.78, 5) is 12.2. The molecule has 2 rings (SSSR count). The fraction of sp³-hybridized carbons (Fsp3) is 0.467. The van der Waals surface area contributed by atoms with E-state index < -0.39 is 11.4 Å². The van der Waals surface area contributed by atoms with Gasteiger partial charge >= 0.3 is 0 Å². The van der Waals surface area contributed by atoms with E-state index in [0.717, 1.165) is 0 Å². The summed E-state index contributed by atoms with van der Waals surface area (Å²) in [5, 5.41) is 14.8. The van der Waals surface area contributed by atoms with E-state index in [9.17, 15) is 14.3 Å². The van der Waals surface area contributed by atoms with Crippen molar-refractivity contribution in [3.8, 4) is 0 Å². The molecule has 0 unspecified atom stereocenters. The number of nitrogens with zero attached hydrogens (tertiary/aromatic N) is 2. The average molecular weight is 278 g/mol. The quantitative estimate of drug-likeness (QED) is 0.875. The third-order valence-corrected chi connectivity index (χ3v) is 3.01. The van der Waals surface area contributed by atoms with Crippen LogP contribution in [-0.4, -0.2) is 26.3 Å². The number of aromatic nitrogens is 2. The monoisotopic (exact) mass is 278 g/mol. The fourth-order valence-corrected chi connectivity index (χ4v) is 2.09. The summed E-state index contributed by atoms with van der Waals surface area (Å²) in [6, 6.07) is 4.22. The van der Waals surface area contributed by atoms with Crippen LogP contribution in [0.3, 0.4) is 0 Å². The fourth-order valence-electron chi connectivity index (χ4n) is 2.09. The Balaban J connectivity index is 2.63. The molecule has 108 valence electrons. The Morgan fingerprint density at radius 2 is 2.10 bits per heavy atom. The van der Waals surface area contributed by atoms with Crippen molar-refractivity contribution in [1.82, 2.24) is 9.78 Å². The molecule has 0 bridgehead atoms. The van der Waals surface area contributed by atoms with Crippen LogP contribution in [0, 0.1) is 11.7 Å². The number of Topliss-reactive ketones (excluding diaryl/α,β-unsaturated/α-hetero) is 1. The molecular formula is C15H19FN2O2. The lowest BCUT2D eigenvalue weighted by molar-refractivity contribution is 0.0587. The lowest BCUT2D eigenvalue weighted by Gasteiger charge is -2.17. The number of carbonyl (C=O) groups is 1. The number of hydrogen-bond acceptors (Lipinski definition) is 3. The normalized spacial score (nSPS) is 12.3. The SMILES string of the molecule is CC(C)C(=O)c1nn(CC(C)(C)O)c2cc(F)ccc12. The maximum absolute atomic E-state index is 13.4. The summed E-state index contributed by atoms with van der Waals surface area (Å²) in [6.45, 7) is 7.07. The van der Waals surface area contributed by atoms with E-state index in [1.807, 2.05) is 0 Å². The Kier molecular flexibility index (Phi) is 3.65. The number of hydrogen-bond donors (Lipinski definition) is 1. The van der Waals surface area contributed by atoms with Crippen LogP contribution in [0.2, 0.25) is 0 Å². The predicted octanol–water partition coefficient (Wildman–Crippen LogP) is 2.79.